The Morgan fingerprint density at radius 3 is 2.94 bits per heavy atom. The molecule has 2 heterocycles. The highest BCUT2D eigenvalue weighted by Gasteiger charge is 2.14. The maximum atomic E-state index is 10.7. The fourth-order valence-electron chi connectivity index (χ4n) is 1.72. The first kappa shape index (κ1) is 9.65. The number of carboxylic acid groups (broad SMARTS) is 1. The van der Waals surface area contributed by atoms with Gasteiger partial charge in [0.05, 0.1) is 6.26 Å². The fourth-order valence-corrected chi connectivity index (χ4v) is 1.72. The fraction of sp³-hybridized carbons (Fsp3) is 0. The van der Waals surface area contributed by atoms with E-state index < -0.39 is 5.97 Å². The number of furan rings is 1. The molecule has 0 bridgehead atoms. The molecule has 0 aliphatic rings. The summed E-state index contributed by atoms with van der Waals surface area (Å²) in [6.07, 6.45) is 1.58. The second-order valence-corrected chi connectivity index (χ2v) is 3.52. The first-order valence-electron chi connectivity index (χ1n) is 4.92. The number of rotatable bonds is 2. The summed E-state index contributed by atoms with van der Waals surface area (Å²) in [5.74, 6) is -1.32. The van der Waals surface area contributed by atoms with Crippen molar-refractivity contribution in [2.45, 2.75) is 0 Å². The lowest BCUT2D eigenvalue weighted by Crippen LogP contribution is -1.91. The normalized spacial score (nSPS) is 10.8. The Balaban J connectivity index is 2.19. The summed E-state index contributed by atoms with van der Waals surface area (Å²) >= 11 is 0. The Labute approximate surface area is 95.3 Å². The summed E-state index contributed by atoms with van der Waals surface area (Å²) in [6.45, 7) is 0. The van der Waals surface area contributed by atoms with E-state index in [1.54, 1.807) is 12.3 Å². The van der Waals surface area contributed by atoms with Crippen molar-refractivity contribution in [3.63, 3.8) is 0 Å². The molecule has 0 unspecified atom stereocenters. The maximum absolute atomic E-state index is 10.7. The van der Waals surface area contributed by atoms with E-state index >= 15 is 0 Å². The van der Waals surface area contributed by atoms with Crippen LogP contribution in [0, 0.1) is 0 Å². The van der Waals surface area contributed by atoms with E-state index in [9.17, 15) is 4.79 Å². The molecule has 0 aliphatic heterocycles. The average Bonchev–Trinajstić information content (AvgIpc) is 2.97. The molecule has 17 heavy (non-hydrogen) atoms. The number of nitrogens with zero attached hydrogens (tertiary/aromatic N) is 1. The van der Waals surface area contributed by atoms with Gasteiger partial charge in [0.25, 0.3) is 0 Å². The van der Waals surface area contributed by atoms with Crippen LogP contribution in [0.2, 0.25) is 0 Å². The third-order valence-electron chi connectivity index (χ3n) is 2.49. The van der Waals surface area contributed by atoms with Crippen LogP contribution < -0.4 is 0 Å². The molecule has 0 aliphatic carbocycles. The lowest BCUT2D eigenvalue weighted by atomic mass is 10.1. The Morgan fingerprint density at radius 2 is 2.18 bits per heavy atom. The molecule has 84 valence electrons. The first-order chi connectivity index (χ1) is 8.25. The van der Waals surface area contributed by atoms with Crippen LogP contribution in [0.3, 0.4) is 0 Å². The van der Waals surface area contributed by atoms with Gasteiger partial charge in [-0.1, -0.05) is 17.3 Å². The van der Waals surface area contributed by atoms with Gasteiger partial charge in [0.2, 0.25) is 5.76 Å². The Bertz CT molecular complexity index is 695. The van der Waals surface area contributed by atoms with Crippen LogP contribution in [0.25, 0.3) is 22.2 Å². The highest BCUT2D eigenvalue weighted by Crippen LogP contribution is 2.28. The molecule has 0 radical (unpaired) electrons. The number of hydrogen-bond acceptors (Lipinski definition) is 4. The Hall–Kier alpha value is -2.56. The molecule has 5 heteroatoms. The molecule has 0 saturated heterocycles. The number of fused-ring (bicyclic) bond motifs is 1. The number of aromatic nitrogens is 1. The van der Waals surface area contributed by atoms with Gasteiger partial charge in [0, 0.05) is 17.0 Å². The van der Waals surface area contributed by atoms with Crippen LogP contribution in [0.1, 0.15) is 10.6 Å². The van der Waals surface area contributed by atoms with Crippen molar-refractivity contribution >= 4 is 16.9 Å². The van der Waals surface area contributed by atoms with Crippen molar-refractivity contribution in [2.75, 3.05) is 0 Å². The van der Waals surface area contributed by atoms with Gasteiger partial charge in [0.15, 0.2) is 0 Å². The van der Waals surface area contributed by atoms with Gasteiger partial charge < -0.3 is 14.0 Å². The van der Waals surface area contributed by atoms with Gasteiger partial charge >= 0.3 is 5.97 Å². The molecular weight excluding hydrogens is 222 g/mol. The molecular formula is C12H7NO4. The van der Waals surface area contributed by atoms with Crippen molar-refractivity contribution in [2.24, 2.45) is 0 Å². The maximum Gasteiger partial charge on any atom is 0.374 e. The standard InChI is InChI=1S/C12H7NO4/c14-12(15)11-6-9(13-17-11)7-2-1-3-10-8(7)4-5-16-10/h1-6H,(H,14,15). The molecule has 0 atom stereocenters. The monoisotopic (exact) mass is 229 g/mol. The minimum atomic E-state index is -1.14. The molecule has 0 fully saturated rings. The predicted octanol–water partition coefficient (Wildman–Crippen LogP) is 2.79. The zero-order valence-electron chi connectivity index (χ0n) is 8.58. The number of carbonyl (C=O) groups is 1. The second-order valence-electron chi connectivity index (χ2n) is 3.52. The molecule has 3 rings (SSSR count). The van der Waals surface area contributed by atoms with Gasteiger partial charge in [-0.15, -0.1) is 0 Å². The highest BCUT2D eigenvalue weighted by atomic mass is 16.5. The molecule has 2 aromatic heterocycles. The number of aromatic carboxylic acids is 1. The van der Waals surface area contributed by atoms with Gasteiger partial charge in [0.1, 0.15) is 11.3 Å². The summed E-state index contributed by atoms with van der Waals surface area (Å²) in [5, 5.41) is 13.4. The molecule has 3 aromatic rings. The largest absolute Gasteiger partial charge is 0.475 e. The summed E-state index contributed by atoms with van der Waals surface area (Å²) in [4.78, 5) is 10.7. The predicted molar refractivity (Wildman–Crippen MR) is 58.7 cm³/mol. The van der Waals surface area contributed by atoms with Gasteiger partial charge in [-0.25, -0.2) is 4.79 Å². The third-order valence-corrected chi connectivity index (χ3v) is 2.49. The SMILES string of the molecule is O=C(O)c1cc(-c2cccc3occc23)no1. The second kappa shape index (κ2) is 3.48. The van der Waals surface area contributed by atoms with Gasteiger partial charge in [-0.05, 0) is 12.1 Å². The molecule has 0 amide bonds. The molecule has 0 spiro atoms. The van der Waals surface area contributed by atoms with E-state index in [1.807, 2.05) is 18.2 Å². The zero-order valence-corrected chi connectivity index (χ0v) is 8.58. The number of carboxylic acids is 1. The Morgan fingerprint density at radius 1 is 1.29 bits per heavy atom. The van der Waals surface area contributed by atoms with Crippen molar-refractivity contribution < 1.29 is 18.8 Å². The van der Waals surface area contributed by atoms with Crippen molar-refractivity contribution in [1.29, 1.82) is 0 Å². The van der Waals surface area contributed by atoms with E-state index in [4.69, 9.17) is 14.0 Å². The van der Waals surface area contributed by atoms with Crippen LogP contribution in [0.4, 0.5) is 0 Å². The summed E-state index contributed by atoms with van der Waals surface area (Å²) in [6, 6.07) is 8.68. The quantitative estimate of drug-likeness (QED) is 0.731. The van der Waals surface area contributed by atoms with Gasteiger partial charge in [-0.2, -0.15) is 0 Å². The summed E-state index contributed by atoms with van der Waals surface area (Å²) in [7, 11) is 0. The number of benzene rings is 1. The van der Waals surface area contributed by atoms with E-state index in [2.05, 4.69) is 5.16 Å². The first-order valence-corrected chi connectivity index (χ1v) is 4.92. The van der Waals surface area contributed by atoms with Crippen molar-refractivity contribution in [1.82, 2.24) is 5.16 Å². The van der Waals surface area contributed by atoms with Crippen molar-refractivity contribution in [3.8, 4) is 11.3 Å². The van der Waals surface area contributed by atoms with E-state index in [0.29, 0.717) is 5.69 Å². The minimum Gasteiger partial charge on any atom is -0.475 e. The van der Waals surface area contributed by atoms with E-state index in [1.165, 1.54) is 6.07 Å². The van der Waals surface area contributed by atoms with Crippen LogP contribution in [-0.2, 0) is 0 Å². The molecule has 1 N–H and O–H groups in total. The van der Waals surface area contributed by atoms with Crippen LogP contribution in [0.5, 0.6) is 0 Å². The van der Waals surface area contributed by atoms with E-state index in [0.717, 1.165) is 16.5 Å². The smallest absolute Gasteiger partial charge is 0.374 e. The third kappa shape index (κ3) is 1.48. The van der Waals surface area contributed by atoms with Crippen LogP contribution in [0.15, 0.2) is 45.5 Å². The average molecular weight is 229 g/mol. The Kier molecular flexibility index (Phi) is 1.98. The summed E-state index contributed by atoms with van der Waals surface area (Å²) in [5.41, 5.74) is 1.99. The topological polar surface area (TPSA) is 76.5 Å². The molecule has 0 saturated carbocycles. The van der Waals surface area contributed by atoms with Crippen LogP contribution in [-0.4, -0.2) is 16.2 Å². The zero-order chi connectivity index (χ0) is 11.8. The van der Waals surface area contributed by atoms with E-state index in [-0.39, 0.29) is 5.76 Å². The lowest BCUT2D eigenvalue weighted by Gasteiger charge is -1.96. The van der Waals surface area contributed by atoms with Crippen LogP contribution >= 0.6 is 0 Å². The minimum absolute atomic E-state index is 0.180. The molecule has 5 nitrogen and oxygen atoms in total. The molecule has 1 aromatic carbocycles. The summed E-state index contributed by atoms with van der Waals surface area (Å²) < 4.78 is 9.99. The highest BCUT2D eigenvalue weighted by molar-refractivity contribution is 5.94. The number of hydrogen-bond donors (Lipinski definition) is 1. The lowest BCUT2D eigenvalue weighted by molar-refractivity contribution is 0.0652. The van der Waals surface area contributed by atoms with Crippen molar-refractivity contribution in [3.05, 3.63) is 42.4 Å². The van der Waals surface area contributed by atoms with Gasteiger partial charge in [-0.3, -0.25) is 0 Å².